The van der Waals surface area contributed by atoms with E-state index in [0.29, 0.717) is 0 Å². The van der Waals surface area contributed by atoms with E-state index in [0.717, 1.165) is 60.4 Å². The summed E-state index contributed by atoms with van der Waals surface area (Å²) in [7, 11) is 0. The molecule has 18 heavy (non-hydrogen) atoms. The zero-order chi connectivity index (χ0) is 12.1. The van der Waals surface area contributed by atoms with E-state index < -0.39 is 5.91 Å². The summed E-state index contributed by atoms with van der Waals surface area (Å²) in [6, 6.07) is 0. The first-order valence-electron chi connectivity index (χ1n) is 7.42. The molecule has 2 bridgehead atoms. The fourth-order valence-corrected chi connectivity index (χ4v) is 6.09. The molecule has 5 aliphatic rings. The van der Waals surface area contributed by atoms with Gasteiger partial charge in [0.15, 0.2) is 5.91 Å². The van der Waals surface area contributed by atoms with E-state index >= 15 is 0 Å². The molecule has 5 rings (SSSR count). The SMILES string of the molecule is NC1(N)NCC2C(CN1)C1C3CC(C4C=CC43)C21. The Morgan fingerprint density at radius 1 is 0.833 bits per heavy atom. The standard InChI is InChI=1S/C14H22N4/c15-14(16)17-4-10-11(5-18-14)13-9-3-8(12(10)13)6-1-2-7(6)9/h1-2,6-13,17-18H,3-5,15-16H2. The van der Waals surface area contributed by atoms with Gasteiger partial charge >= 0.3 is 0 Å². The van der Waals surface area contributed by atoms with E-state index in [4.69, 9.17) is 11.5 Å². The molecule has 4 aliphatic carbocycles. The summed E-state index contributed by atoms with van der Waals surface area (Å²) in [5, 5.41) is 6.59. The van der Waals surface area contributed by atoms with E-state index in [-0.39, 0.29) is 0 Å². The second-order valence-electron chi connectivity index (χ2n) is 7.22. The molecule has 1 saturated heterocycles. The summed E-state index contributed by atoms with van der Waals surface area (Å²) in [5.41, 5.74) is 12.0. The minimum atomic E-state index is -0.859. The third kappa shape index (κ3) is 1.03. The molecule has 0 radical (unpaired) electrons. The Morgan fingerprint density at radius 2 is 1.33 bits per heavy atom. The van der Waals surface area contributed by atoms with Gasteiger partial charge in [0.2, 0.25) is 0 Å². The molecule has 0 aromatic heterocycles. The molecule has 0 spiro atoms. The molecule has 4 heteroatoms. The normalized spacial score (nSPS) is 62.1. The van der Waals surface area contributed by atoms with Gasteiger partial charge in [-0.3, -0.25) is 22.1 Å². The van der Waals surface area contributed by atoms with Crippen LogP contribution in [-0.2, 0) is 0 Å². The molecule has 0 amide bonds. The summed E-state index contributed by atoms with van der Waals surface area (Å²) < 4.78 is 0. The highest BCUT2D eigenvalue weighted by molar-refractivity contribution is 5.27. The lowest BCUT2D eigenvalue weighted by Crippen LogP contribution is -2.70. The first-order chi connectivity index (χ1) is 8.66. The smallest absolute Gasteiger partial charge is 0.176 e. The molecular weight excluding hydrogens is 224 g/mol. The van der Waals surface area contributed by atoms with Crippen molar-refractivity contribution < 1.29 is 0 Å². The fourth-order valence-electron chi connectivity index (χ4n) is 6.09. The maximum absolute atomic E-state index is 5.98. The van der Waals surface area contributed by atoms with Crippen molar-refractivity contribution in [3.8, 4) is 0 Å². The van der Waals surface area contributed by atoms with Crippen molar-refractivity contribution in [1.29, 1.82) is 0 Å². The lowest BCUT2D eigenvalue weighted by molar-refractivity contribution is -0.0802. The van der Waals surface area contributed by atoms with Crippen LogP contribution in [0.25, 0.3) is 0 Å². The summed E-state index contributed by atoms with van der Waals surface area (Å²) >= 11 is 0. The molecule has 1 aliphatic heterocycles. The molecule has 4 fully saturated rings. The highest BCUT2D eigenvalue weighted by Gasteiger charge is 2.68. The largest absolute Gasteiger partial charge is 0.288 e. The molecule has 4 nitrogen and oxygen atoms in total. The Labute approximate surface area is 108 Å². The second-order valence-corrected chi connectivity index (χ2v) is 7.22. The van der Waals surface area contributed by atoms with Crippen LogP contribution >= 0.6 is 0 Å². The van der Waals surface area contributed by atoms with Crippen molar-refractivity contribution in [3.63, 3.8) is 0 Å². The van der Waals surface area contributed by atoms with Crippen LogP contribution in [0.4, 0.5) is 0 Å². The summed E-state index contributed by atoms with van der Waals surface area (Å²) in [6.07, 6.45) is 6.43. The van der Waals surface area contributed by atoms with Gasteiger partial charge in [-0.15, -0.1) is 0 Å². The Balaban J connectivity index is 1.45. The Kier molecular flexibility index (Phi) is 1.73. The number of hydrogen-bond donors (Lipinski definition) is 4. The van der Waals surface area contributed by atoms with Crippen molar-refractivity contribution in [2.45, 2.75) is 12.3 Å². The van der Waals surface area contributed by atoms with E-state index in [9.17, 15) is 0 Å². The van der Waals surface area contributed by atoms with Gasteiger partial charge in [0.05, 0.1) is 0 Å². The van der Waals surface area contributed by atoms with Crippen LogP contribution in [0.2, 0.25) is 0 Å². The minimum absolute atomic E-state index is 0.807. The van der Waals surface area contributed by atoms with Crippen LogP contribution in [0, 0.1) is 47.3 Å². The fraction of sp³-hybridized carbons (Fsp3) is 0.857. The number of rotatable bonds is 0. The predicted octanol–water partition coefficient (Wildman–Crippen LogP) is -0.362. The lowest BCUT2D eigenvalue weighted by Gasteiger charge is -2.58. The Hall–Kier alpha value is -0.420. The number of nitrogens with two attached hydrogens (primary N) is 2. The van der Waals surface area contributed by atoms with Crippen molar-refractivity contribution in [3.05, 3.63) is 12.2 Å². The third-order valence-corrected chi connectivity index (χ3v) is 6.77. The van der Waals surface area contributed by atoms with Crippen LogP contribution in [-0.4, -0.2) is 19.0 Å². The van der Waals surface area contributed by atoms with E-state index in [1.807, 2.05) is 0 Å². The Bertz CT molecular complexity index is 396. The van der Waals surface area contributed by atoms with Gasteiger partial charge in [-0.2, -0.15) is 0 Å². The number of hydrogen-bond acceptors (Lipinski definition) is 4. The predicted molar refractivity (Wildman–Crippen MR) is 68.8 cm³/mol. The quantitative estimate of drug-likeness (QED) is 0.267. The maximum Gasteiger partial charge on any atom is 0.176 e. The van der Waals surface area contributed by atoms with Crippen molar-refractivity contribution >= 4 is 0 Å². The number of nitrogens with one attached hydrogen (secondary N) is 2. The highest BCUT2D eigenvalue weighted by Crippen LogP contribution is 2.71. The van der Waals surface area contributed by atoms with Crippen LogP contribution < -0.4 is 22.1 Å². The molecular formula is C14H22N4. The van der Waals surface area contributed by atoms with Crippen LogP contribution in [0.1, 0.15) is 6.42 Å². The molecule has 8 unspecified atom stereocenters. The van der Waals surface area contributed by atoms with E-state index in [1.54, 1.807) is 0 Å². The van der Waals surface area contributed by atoms with Gasteiger partial charge in [0, 0.05) is 13.1 Å². The molecule has 6 N–H and O–H groups in total. The average Bonchev–Trinajstić information content (AvgIpc) is 2.57. The van der Waals surface area contributed by atoms with E-state index in [1.165, 1.54) is 6.42 Å². The molecule has 0 aromatic carbocycles. The zero-order valence-electron chi connectivity index (χ0n) is 10.5. The van der Waals surface area contributed by atoms with Gasteiger partial charge in [-0.25, -0.2) is 0 Å². The monoisotopic (exact) mass is 246 g/mol. The molecule has 8 atom stereocenters. The van der Waals surface area contributed by atoms with Gasteiger partial charge in [-0.05, 0) is 53.8 Å². The molecule has 98 valence electrons. The van der Waals surface area contributed by atoms with Crippen LogP contribution in [0.5, 0.6) is 0 Å². The van der Waals surface area contributed by atoms with Gasteiger partial charge in [0.25, 0.3) is 0 Å². The summed E-state index contributed by atoms with van der Waals surface area (Å²) in [5.74, 6) is 6.46. The van der Waals surface area contributed by atoms with E-state index in [2.05, 4.69) is 22.8 Å². The number of fused-ring (bicyclic) bond motifs is 11. The maximum atomic E-state index is 5.98. The second kappa shape index (κ2) is 3.01. The van der Waals surface area contributed by atoms with Crippen molar-refractivity contribution in [2.24, 2.45) is 58.8 Å². The van der Waals surface area contributed by atoms with Crippen LogP contribution in [0.15, 0.2) is 12.2 Å². The highest BCUT2D eigenvalue weighted by atomic mass is 15.4. The topological polar surface area (TPSA) is 76.1 Å². The summed E-state index contributed by atoms with van der Waals surface area (Å²) in [6.45, 7) is 1.99. The third-order valence-electron chi connectivity index (χ3n) is 6.77. The molecule has 0 aromatic rings. The Morgan fingerprint density at radius 3 is 1.78 bits per heavy atom. The summed E-state index contributed by atoms with van der Waals surface area (Å²) in [4.78, 5) is 0. The van der Waals surface area contributed by atoms with Crippen molar-refractivity contribution in [2.75, 3.05) is 13.1 Å². The van der Waals surface area contributed by atoms with Crippen LogP contribution in [0.3, 0.4) is 0 Å². The van der Waals surface area contributed by atoms with Crippen molar-refractivity contribution in [1.82, 2.24) is 10.6 Å². The van der Waals surface area contributed by atoms with Gasteiger partial charge < -0.3 is 0 Å². The minimum Gasteiger partial charge on any atom is -0.288 e. The molecule has 1 heterocycles. The molecule has 3 saturated carbocycles. The van der Waals surface area contributed by atoms with Gasteiger partial charge in [-0.1, -0.05) is 12.2 Å². The zero-order valence-corrected chi connectivity index (χ0v) is 10.5. The lowest BCUT2D eigenvalue weighted by atomic mass is 9.47. The average molecular weight is 246 g/mol. The number of allylic oxidation sites excluding steroid dienone is 2. The van der Waals surface area contributed by atoms with Gasteiger partial charge in [0.1, 0.15) is 0 Å². The first-order valence-corrected chi connectivity index (χ1v) is 7.42. The first kappa shape index (κ1) is 10.4.